The van der Waals surface area contributed by atoms with Gasteiger partial charge in [-0.25, -0.2) is 0 Å². The molecule has 25 heavy (non-hydrogen) atoms. The van der Waals surface area contributed by atoms with Crippen molar-refractivity contribution in [2.24, 2.45) is 5.92 Å². The monoisotopic (exact) mass is 337 g/mol. The molecule has 0 N–H and O–H groups in total. The van der Waals surface area contributed by atoms with E-state index in [9.17, 15) is 19.7 Å². The number of carbonyl (C=O) groups excluding carboxylic acids is 2. The van der Waals surface area contributed by atoms with E-state index in [0.29, 0.717) is 12.0 Å². The van der Waals surface area contributed by atoms with Crippen molar-refractivity contribution in [3.05, 3.63) is 75.8 Å². The van der Waals surface area contributed by atoms with Crippen molar-refractivity contribution in [2.45, 2.75) is 31.6 Å². The normalized spacial score (nSPS) is 18.1. The summed E-state index contributed by atoms with van der Waals surface area (Å²) in [5, 5.41) is 10.9. The summed E-state index contributed by atoms with van der Waals surface area (Å²) in [6.45, 7) is 0. The van der Waals surface area contributed by atoms with Crippen LogP contribution in [0.25, 0.3) is 0 Å². The third-order valence-corrected chi connectivity index (χ3v) is 4.87. The minimum atomic E-state index is -0.450. The number of non-ortho nitro benzene ring substituents is 1. The first-order valence-corrected chi connectivity index (χ1v) is 8.41. The fourth-order valence-corrected chi connectivity index (χ4v) is 3.55. The Hall–Kier alpha value is -2.82. The predicted octanol–water partition coefficient (Wildman–Crippen LogP) is 4.32. The first-order chi connectivity index (χ1) is 12.1. The lowest BCUT2D eigenvalue weighted by molar-refractivity contribution is -0.384. The number of hydrogen-bond donors (Lipinski definition) is 0. The van der Waals surface area contributed by atoms with Gasteiger partial charge in [0, 0.05) is 42.4 Å². The van der Waals surface area contributed by atoms with E-state index in [4.69, 9.17) is 0 Å². The summed E-state index contributed by atoms with van der Waals surface area (Å²) in [6.07, 6.45) is 2.39. The van der Waals surface area contributed by atoms with Crippen LogP contribution in [-0.4, -0.2) is 16.5 Å². The van der Waals surface area contributed by atoms with Crippen LogP contribution in [0.3, 0.4) is 0 Å². The van der Waals surface area contributed by atoms with Gasteiger partial charge in [-0.1, -0.05) is 42.5 Å². The van der Waals surface area contributed by atoms with Gasteiger partial charge in [0.25, 0.3) is 5.69 Å². The first kappa shape index (κ1) is 17.0. The van der Waals surface area contributed by atoms with Gasteiger partial charge in [0.1, 0.15) is 5.78 Å². The summed E-state index contributed by atoms with van der Waals surface area (Å²) >= 11 is 0. The largest absolute Gasteiger partial charge is 0.299 e. The highest BCUT2D eigenvalue weighted by atomic mass is 16.6. The molecular formula is C20H19NO4. The standard InChI is InChI=1S/C20H19NO4/c22-19-8-4-7-17(19)18(13-20(23)15-5-2-1-3-6-15)14-9-11-16(12-10-14)21(24)25/h1-3,5-6,9-12,17-18H,4,7-8,13H2/t17-,18-/m0/s1. The molecule has 1 saturated carbocycles. The van der Waals surface area contributed by atoms with Crippen LogP contribution in [0.2, 0.25) is 0 Å². The van der Waals surface area contributed by atoms with Crippen molar-refractivity contribution in [1.82, 2.24) is 0 Å². The van der Waals surface area contributed by atoms with E-state index in [2.05, 4.69) is 0 Å². The molecule has 0 saturated heterocycles. The van der Waals surface area contributed by atoms with Gasteiger partial charge in [-0.05, 0) is 18.4 Å². The van der Waals surface area contributed by atoms with Crippen LogP contribution in [-0.2, 0) is 4.79 Å². The number of nitro groups is 1. The summed E-state index contributed by atoms with van der Waals surface area (Å²) < 4.78 is 0. The van der Waals surface area contributed by atoms with Crippen molar-refractivity contribution in [3.63, 3.8) is 0 Å². The van der Waals surface area contributed by atoms with E-state index >= 15 is 0 Å². The highest BCUT2D eigenvalue weighted by Gasteiger charge is 2.34. The third kappa shape index (κ3) is 3.82. The van der Waals surface area contributed by atoms with Gasteiger partial charge in [0.15, 0.2) is 5.78 Å². The lowest BCUT2D eigenvalue weighted by atomic mass is 9.80. The molecule has 0 unspecified atom stereocenters. The number of ketones is 2. The van der Waals surface area contributed by atoms with Gasteiger partial charge in [-0.15, -0.1) is 0 Å². The maximum atomic E-state index is 12.6. The Bertz CT molecular complexity index is 783. The minimum absolute atomic E-state index is 0.00892. The first-order valence-electron chi connectivity index (χ1n) is 8.41. The Morgan fingerprint density at radius 3 is 2.36 bits per heavy atom. The molecule has 5 nitrogen and oxygen atoms in total. The van der Waals surface area contributed by atoms with E-state index in [1.165, 1.54) is 12.1 Å². The predicted molar refractivity (Wildman–Crippen MR) is 93.6 cm³/mol. The topological polar surface area (TPSA) is 77.3 Å². The molecule has 0 bridgehead atoms. The highest BCUT2D eigenvalue weighted by molar-refractivity contribution is 5.97. The van der Waals surface area contributed by atoms with Crippen LogP contribution < -0.4 is 0 Å². The van der Waals surface area contributed by atoms with Crippen molar-refractivity contribution >= 4 is 17.3 Å². The SMILES string of the molecule is O=C(C[C@@H](c1ccc([N+](=O)[O-])cc1)[C@@H]1CCCC1=O)c1ccccc1. The fourth-order valence-electron chi connectivity index (χ4n) is 3.55. The molecule has 5 heteroatoms. The number of hydrogen-bond acceptors (Lipinski definition) is 4. The van der Waals surface area contributed by atoms with Gasteiger partial charge < -0.3 is 0 Å². The highest BCUT2D eigenvalue weighted by Crippen LogP contribution is 2.38. The van der Waals surface area contributed by atoms with Crippen LogP contribution in [0.5, 0.6) is 0 Å². The van der Waals surface area contributed by atoms with Gasteiger partial charge in [-0.2, -0.15) is 0 Å². The molecule has 1 aliphatic carbocycles. The van der Waals surface area contributed by atoms with Crippen LogP contribution in [0, 0.1) is 16.0 Å². The zero-order valence-corrected chi connectivity index (χ0v) is 13.8. The van der Waals surface area contributed by atoms with Crippen LogP contribution >= 0.6 is 0 Å². The van der Waals surface area contributed by atoms with Gasteiger partial charge >= 0.3 is 0 Å². The molecule has 0 heterocycles. The Kier molecular flexibility index (Phi) is 5.03. The van der Waals surface area contributed by atoms with E-state index in [1.54, 1.807) is 24.3 Å². The van der Waals surface area contributed by atoms with E-state index in [1.807, 2.05) is 18.2 Å². The minimum Gasteiger partial charge on any atom is -0.299 e. The summed E-state index contributed by atoms with van der Waals surface area (Å²) in [5.74, 6) is -0.245. The number of nitrogens with zero attached hydrogens (tertiary/aromatic N) is 1. The Balaban J connectivity index is 1.88. The number of benzene rings is 2. The fraction of sp³-hybridized carbons (Fsp3) is 0.300. The molecule has 2 aromatic carbocycles. The number of nitro benzene ring substituents is 1. The molecule has 0 spiro atoms. The molecule has 128 valence electrons. The molecule has 1 aliphatic rings. The number of carbonyl (C=O) groups is 2. The maximum Gasteiger partial charge on any atom is 0.269 e. The Labute approximate surface area is 145 Å². The van der Waals surface area contributed by atoms with Gasteiger partial charge in [0.2, 0.25) is 0 Å². The lowest BCUT2D eigenvalue weighted by Gasteiger charge is -2.22. The average Bonchev–Trinajstić information content (AvgIpc) is 3.06. The van der Waals surface area contributed by atoms with Crippen LogP contribution in [0.4, 0.5) is 5.69 Å². The summed E-state index contributed by atoms with van der Waals surface area (Å²) in [5.41, 5.74) is 1.45. The van der Waals surface area contributed by atoms with Crippen LogP contribution in [0.15, 0.2) is 54.6 Å². The third-order valence-electron chi connectivity index (χ3n) is 4.87. The zero-order chi connectivity index (χ0) is 17.8. The Morgan fingerprint density at radius 1 is 1.12 bits per heavy atom. The summed E-state index contributed by atoms with van der Waals surface area (Å²) in [7, 11) is 0. The molecule has 1 fully saturated rings. The summed E-state index contributed by atoms with van der Waals surface area (Å²) in [4.78, 5) is 35.3. The molecule has 0 radical (unpaired) electrons. The van der Waals surface area contributed by atoms with Crippen LogP contribution in [0.1, 0.15) is 47.5 Å². The molecule has 2 atom stereocenters. The molecular weight excluding hydrogens is 318 g/mol. The van der Waals surface area contributed by atoms with Crippen molar-refractivity contribution in [2.75, 3.05) is 0 Å². The summed E-state index contributed by atoms with van der Waals surface area (Å²) in [6, 6.07) is 15.2. The smallest absolute Gasteiger partial charge is 0.269 e. The van der Waals surface area contributed by atoms with Gasteiger partial charge in [-0.3, -0.25) is 19.7 Å². The second kappa shape index (κ2) is 7.38. The average molecular weight is 337 g/mol. The molecule has 0 aromatic heterocycles. The van der Waals surface area contributed by atoms with Crippen molar-refractivity contribution < 1.29 is 14.5 Å². The molecule has 0 amide bonds. The van der Waals surface area contributed by atoms with E-state index in [0.717, 1.165) is 18.4 Å². The molecule has 2 aromatic rings. The van der Waals surface area contributed by atoms with E-state index in [-0.39, 0.29) is 35.5 Å². The lowest BCUT2D eigenvalue weighted by Crippen LogP contribution is -2.20. The van der Waals surface area contributed by atoms with Crippen molar-refractivity contribution in [3.8, 4) is 0 Å². The molecule has 0 aliphatic heterocycles. The number of rotatable bonds is 6. The second-order valence-corrected chi connectivity index (χ2v) is 6.41. The zero-order valence-electron chi connectivity index (χ0n) is 13.8. The maximum absolute atomic E-state index is 12.6. The van der Waals surface area contributed by atoms with Crippen molar-refractivity contribution in [1.29, 1.82) is 0 Å². The quantitative estimate of drug-likeness (QED) is 0.447. The van der Waals surface area contributed by atoms with Gasteiger partial charge in [0.05, 0.1) is 4.92 Å². The Morgan fingerprint density at radius 2 is 1.80 bits per heavy atom. The number of Topliss-reactive ketones (excluding diaryl/α,β-unsaturated/α-hetero) is 2. The second-order valence-electron chi connectivity index (χ2n) is 6.41. The van der Waals surface area contributed by atoms with E-state index < -0.39 is 4.92 Å². The molecule has 3 rings (SSSR count).